The van der Waals surface area contributed by atoms with E-state index in [-0.39, 0.29) is 0 Å². The van der Waals surface area contributed by atoms with Crippen LogP contribution in [0.2, 0.25) is 0 Å². The van der Waals surface area contributed by atoms with Gasteiger partial charge >= 0.3 is 0 Å². The molecule has 0 fully saturated rings. The van der Waals surface area contributed by atoms with Gasteiger partial charge in [0.1, 0.15) is 5.78 Å². The molecule has 0 aromatic heterocycles. The molecule has 88 valence electrons. The highest BCUT2D eigenvalue weighted by Crippen LogP contribution is 2.17. The smallest absolute Gasteiger partial charge is 0.143 e. The minimum Gasteiger partial charge on any atom is -0.385 e. The van der Waals surface area contributed by atoms with Gasteiger partial charge in [-0.3, -0.25) is 4.79 Å². The number of methoxy groups -OCH3 is 1. The Labute approximate surface area is 101 Å². The lowest BCUT2D eigenvalue weighted by atomic mass is 10.2. The van der Waals surface area contributed by atoms with E-state index in [4.69, 9.17) is 4.74 Å². The molecule has 0 amide bonds. The largest absolute Gasteiger partial charge is 0.385 e. The van der Waals surface area contributed by atoms with Gasteiger partial charge in [0, 0.05) is 25.0 Å². The van der Waals surface area contributed by atoms with Crippen LogP contribution in [0.25, 0.3) is 0 Å². The second-order valence-electron chi connectivity index (χ2n) is 3.59. The number of Topliss-reactive ketones (excluding diaryl/α,β-unsaturated/α-hetero) is 1. The van der Waals surface area contributed by atoms with Gasteiger partial charge < -0.3 is 4.74 Å². The molecule has 0 spiro atoms. The third kappa shape index (κ3) is 5.93. The number of rotatable bonds is 8. The minimum atomic E-state index is 0.324. The summed E-state index contributed by atoms with van der Waals surface area (Å²) >= 11 is 1.61. The second kappa shape index (κ2) is 8.36. The monoisotopic (exact) mass is 238 g/mol. The third-order valence-electron chi connectivity index (χ3n) is 2.20. The Morgan fingerprint density at radius 2 is 2.00 bits per heavy atom. The van der Waals surface area contributed by atoms with Crippen LogP contribution in [0.3, 0.4) is 0 Å². The zero-order chi connectivity index (χ0) is 11.6. The molecular formula is C13H18O2S. The number of carbonyl (C=O) groups excluding carboxylic acids is 1. The van der Waals surface area contributed by atoms with Crippen molar-refractivity contribution in [2.75, 3.05) is 19.5 Å². The van der Waals surface area contributed by atoms with Crippen molar-refractivity contribution in [1.82, 2.24) is 0 Å². The summed E-state index contributed by atoms with van der Waals surface area (Å²) in [7, 11) is 1.69. The van der Waals surface area contributed by atoms with Gasteiger partial charge in [-0.15, -0.1) is 11.8 Å². The molecule has 1 aromatic rings. The number of ether oxygens (including phenoxy) is 1. The molecule has 0 atom stereocenters. The summed E-state index contributed by atoms with van der Waals surface area (Å²) in [5.74, 6) is 0.904. The third-order valence-corrected chi connectivity index (χ3v) is 3.27. The van der Waals surface area contributed by atoms with Crippen molar-refractivity contribution < 1.29 is 9.53 Å². The molecule has 16 heavy (non-hydrogen) atoms. The molecule has 2 nitrogen and oxygen atoms in total. The Morgan fingerprint density at radius 1 is 1.25 bits per heavy atom. The van der Waals surface area contributed by atoms with Gasteiger partial charge in [0.15, 0.2) is 0 Å². The summed E-state index contributed by atoms with van der Waals surface area (Å²) in [6.45, 7) is 0.749. The first-order valence-corrected chi connectivity index (χ1v) is 6.50. The van der Waals surface area contributed by atoms with Crippen LogP contribution in [-0.4, -0.2) is 25.3 Å². The summed E-state index contributed by atoms with van der Waals surface area (Å²) in [6.07, 6.45) is 2.57. The van der Waals surface area contributed by atoms with Crippen LogP contribution in [0.5, 0.6) is 0 Å². The van der Waals surface area contributed by atoms with Gasteiger partial charge in [0.2, 0.25) is 0 Å². The average Bonchev–Trinajstić information content (AvgIpc) is 2.33. The van der Waals surface area contributed by atoms with Gasteiger partial charge in [0.05, 0.1) is 5.75 Å². The van der Waals surface area contributed by atoms with E-state index in [2.05, 4.69) is 0 Å². The van der Waals surface area contributed by atoms with Crippen LogP contribution < -0.4 is 0 Å². The molecule has 0 aliphatic rings. The van der Waals surface area contributed by atoms with E-state index in [1.54, 1.807) is 18.9 Å². The van der Waals surface area contributed by atoms with E-state index in [1.165, 1.54) is 0 Å². The highest BCUT2D eigenvalue weighted by Gasteiger charge is 2.02. The van der Waals surface area contributed by atoms with Crippen molar-refractivity contribution in [3.63, 3.8) is 0 Å². The maximum atomic E-state index is 11.5. The predicted molar refractivity (Wildman–Crippen MR) is 67.9 cm³/mol. The maximum Gasteiger partial charge on any atom is 0.143 e. The van der Waals surface area contributed by atoms with Crippen LogP contribution in [0.1, 0.15) is 19.3 Å². The van der Waals surface area contributed by atoms with Crippen molar-refractivity contribution in [2.45, 2.75) is 24.2 Å². The van der Waals surface area contributed by atoms with E-state index in [9.17, 15) is 4.79 Å². The van der Waals surface area contributed by atoms with Gasteiger partial charge in [-0.05, 0) is 25.0 Å². The zero-order valence-electron chi connectivity index (χ0n) is 9.65. The van der Waals surface area contributed by atoms with E-state index in [0.717, 1.165) is 24.3 Å². The number of ketones is 1. The highest BCUT2D eigenvalue weighted by molar-refractivity contribution is 8.00. The molecule has 0 unspecified atom stereocenters. The first kappa shape index (κ1) is 13.3. The number of thioether (sulfide) groups is 1. The molecule has 0 saturated heterocycles. The Hall–Kier alpha value is -0.800. The summed E-state index contributed by atoms with van der Waals surface area (Å²) in [6, 6.07) is 10.0. The number of unbranched alkanes of at least 4 members (excludes halogenated alkanes) is 1. The van der Waals surface area contributed by atoms with Crippen molar-refractivity contribution in [2.24, 2.45) is 0 Å². The molecular weight excluding hydrogens is 220 g/mol. The fourth-order valence-electron chi connectivity index (χ4n) is 1.32. The lowest BCUT2D eigenvalue weighted by Gasteiger charge is -2.01. The molecule has 0 saturated carbocycles. The Morgan fingerprint density at radius 3 is 2.69 bits per heavy atom. The van der Waals surface area contributed by atoms with E-state index >= 15 is 0 Å². The topological polar surface area (TPSA) is 26.3 Å². The first-order valence-electron chi connectivity index (χ1n) is 5.51. The number of carbonyl (C=O) groups is 1. The van der Waals surface area contributed by atoms with Crippen molar-refractivity contribution in [3.8, 4) is 0 Å². The van der Waals surface area contributed by atoms with Crippen LogP contribution >= 0.6 is 11.8 Å². The van der Waals surface area contributed by atoms with Crippen molar-refractivity contribution >= 4 is 17.5 Å². The fraction of sp³-hybridized carbons (Fsp3) is 0.462. The first-order chi connectivity index (χ1) is 7.83. The SMILES string of the molecule is COCCCCC(=O)CSc1ccccc1. The molecule has 0 radical (unpaired) electrons. The van der Waals surface area contributed by atoms with E-state index < -0.39 is 0 Å². The number of benzene rings is 1. The average molecular weight is 238 g/mol. The number of hydrogen-bond acceptors (Lipinski definition) is 3. The van der Waals surface area contributed by atoms with Crippen molar-refractivity contribution in [3.05, 3.63) is 30.3 Å². The van der Waals surface area contributed by atoms with Crippen LogP contribution in [0, 0.1) is 0 Å². The van der Waals surface area contributed by atoms with Gasteiger partial charge in [-0.25, -0.2) is 0 Å². The molecule has 1 aromatic carbocycles. The van der Waals surface area contributed by atoms with Crippen molar-refractivity contribution in [1.29, 1.82) is 0 Å². The van der Waals surface area contributed by atoms with Crippen LogP contribution in [-0.2, 0) is 9.53 Å². The van der Waals surface area contributed by atoms with E-state index in [0.29, 0.717) is 18.0 Å². The Bertz CT molecular complexity index is 298. The highest BCUT2D eigenvalue weighted by atomic mass is 32.2. The minimum absolute atomic E-state index is 0.324. The maximum absolute atomic E-state index is 11.5. The standard InChI is InChI=1S/C13H18O2S/c1-15-10-6-5-7-12(14)11-16-13-8-3-2-4-9-13/h2-4,8-9H,5-7,10-11H2,1H3. The molecule has 1 rings (SSSR count). The number of hydrogen-bond donors (Lipinski definition) is 0. The van der Waals surface area contributed by atoms with E-state index in [1.807, 2.05) is 30.3 Å². The van der Waals surface area contributed by atoms with Gasteiger partial charge in [0.25, 0.3) is 0 Å². The zero-order valence-corrected chi connectivity index (χ0v) is 10.5. The van der Waals surface area contributed by atoms with Gasteiger partial charge in [-0.2, -0.15) is 0 Å². The molecule has 0 N–H and O–H groups in total. The summed E-state index contributed by atoms with van der Waals surface area (Å²) in [5.41, 5.74) is 0. The molecule has 3 heteroatoms. The Balaban J connectivity index is 2.11. The second-order valence-corrected chi connectivity index (χ2v) is 4.64. The van der Waals surface area contributed by atoms with Crippen LogP contribution in [0.15, 0.2) is 35.2 Å². The molecule has 0 bridgehead atoms. The quantitative estimate of drug-likeness (QED) is 0.514. The lowest BCUT2D eigenvalue weighted by Crippen LogP contribution is -2.01. The van der Waals surface area contributed by atoms with Crippen LogP contribution in [0.4, 0.5) is 0 Å². The lowest BCUT2D eigenvalue weighted by molar-refractivity contribution is -0.116. The summed E-state index contributed by atoms with van der Waals surface area (Å²) in [5, 5.41) is 0. The Kier molecular flexibility index (Phi) is 6.93. The molecule has 0 heterocycles. The molecule has 0 aliphatic heterocycles. The molecule has 0 aliphatic carbocycles. The predicted octanol–water partition coefficient (Wildman–Crippen LogP) is 3.16. The summed E-state index contributed by atoms with van der Waals surface area (Å²) < 4.78 is 4.94. The fourth-order valence-corrected chi connectivity index (χ4v) is 2.14. The normalized spacial score (nSPS) is 10.3. The van der Waals surface area contributed by atoms with Gasteiger partial charge in [-0.1, -0.05) is 18.2 Å². The summed E-state index contributed by atoms with van der Waals surface area (Å²) in [4.78, 5) is 12.7.